The largest absolute Gasteiger partial charge is 0.316 e. The number of rotatable bonds is 7. The maximum absolute atomic E-state index is 13.2. The van der Waals surface area contributed by atoms with Crippen LogP contribution in [0.5, 0.6) is 0 Å². The monoisotopic (exact) mass is 483 g/mol. The van der Waals surface area contributed by atoms with Crippen LogP contribution in [0.25, 0.3) is 17.0 Å². The minimum atomic E-state index is -0.938. The van der Waals surface area contributed by atoms with Gasteiger partial charge in [0.2, 0.25) is 0 Å². The number of anilines is 2. The molecule has 0 bridgehead atoms. The minimum Gasteiger partial charge on any atom is -0.316 e. The van der Waals surface area contributed by atoms with Gasteiger partial charge < -0.3 is 10.6 Å². The number of fused-ring (bicyclic) bond motifs is 1. The topological polar surface area (TPSA) is 157 Å². The van der Waals surface area contributed by atoms with Crippen LogP contribution in [0.15, 0.2) is 90.6 Å². The molecule has 0 fully saturated rings. The molecular weight excluding hydrogens is 466 g/mol. The molecule has 0 aliphatic heterocycles. The highest BCUT2D eigenvalue weighted by molar-refractivity contribution is 6.29. The van der Waals surface area contributed by atoms with Crippen LogP contribution in [0.4, 0.5) is 22.7 Å². The van der Waals surface area contributed by atoms with Crippen molar-refractivity contribution in [1.82, 2.24) is 4.98 Å². The number of amides is 2. The molecule has 0 saturated carbocycles. The first kappa shape index (κ1) is 23.7. The summed E-state index contributed by atoms with van der Waals surface area (Å²) < 4.78 is 0. The Balaban J connectivity index is 1.75. The molecule has 3 aromatic carbocycles. The Bertz CT molecular complexity index is 1480. The minimum absolute atomic E-state index is 0.111. The molecule has 1 heterocycles. The fourth-order valence-electron chi connectivity index (χ4n) is 3.44. The van der Waals surface area contributed by atoms with Crippen LogP contribution >= 0.6 is 0 Å². The quantitative estimate of drug-likeness (QED) is 0.127. The molecule has 0 aliphatic carbocycles. The molecule has 0 atom stereocenters. The Morgan fingerprint density at radius 2 is 1.31 bits per heavy atom. The number of hydrogen-bond acceptors (Lipinski definition) is 7. The van der Waals surface area contributed by atoms with Crippen molar-refractivity contribution in [2.75, 3.05) is 10.6 Å². The summed E-state index contributed by atoms with van der Waals surface area (Å²) in [7, 11) is 0. The van der Waals surface area contributed by atoms with Crippen molar-refractivity contribution < 1.29 is 19.4 Å². The van der Waals surface area contributed by atoms with E-state index in [0.29, 0.717) is 11.1 Å². The molecule has 0 radical (unpaired) electrons. The van der Waals surface area contributed by atoms with Crippen LogP contribution < -0.4 is 10.6 Å². The molecule has 0 unspecified atom stereocenters. The van der Waals surface area contributed by atoms with E-state index < -0.39 is 27.2 Å². The van der Waals surface area contributed by atoms with Gasteiger partial charge in [0.05, 0.1) is 15.4 Å². The standard InChI is InChI=1S/C25H17N5O6/c31-24(27-20-7-1-3-9-22(20)29(33)34)18(15-16-11-12-19-17(14-16)6-5-13-26-19)25(32)28-21-8-2-4-10-23(21)30(35)36/h1-15H,(H,27,31)(H,28,32). The van der Waals surface area contributed by atoms with Crippen molar-refractivity contribution in [3.63, 3.8) is 0 Å². The average molecular weight is 483 g/mol. The highest BCUT2D eigenvalue weighted by Gasteiger charge is 2.24. The predicted molar refractivity (Wildman–Crippen MR) is 133 cm³/mol. The SMILES string of the molecule is O=C(Nc1ccccc1[N+](=O)[O-])C(=Cc1ccc2ncccc2c1)C(=O)Nc1ccccc1[N+](=O)[O-]. The lowest BCUT2D eigenvalue weighted by Gasteiger charge is -2.11. The number of nitrogens with zero attached hydrogens (tertiary/aromatic N) is 3. The summed E-state index contributed by atoms with van der Waals surface area (Å²) in [4.78, 5) is 52.0. The molecule has 0 spiro atoms. The van der Waals surface area contributed by atoms with Gasteiger partial charge in [0.15, 0.2) is 0 Å². The van der Waals surface area contributed by atoms with E-state index in [0.717, 1.165) is 5.39 Å². The molecule has 178 valence electrons. The maximum atomic E-state index is 13.2. The van der Waals surface area contributed by atoms with Gasteiger partial charge in [-0.2, -0.15) is 0 Å². The van der Waals surface area contributed by atoms with E-state index in [-0.39, 0.29) is 22.7 Å². The number of nitrogens with one attached hydrogen (secondary N) is 2. The molecule has 0 saturated heterocycles. The van der Waals surface area contributed by atoms with Crippen molar-refractivity contribution in [1.29, 1.82) is 0 Å². The number of aromatic nitrogens is 1. The van der Waals surface area contributed by atoms with Crippen molar-refractivity contribution >= 4 is 51.5 Å². The number of para-hydroxylation sites is 4. The maximum Gasteiger partial charge on any atom is 0.292 e. The second-order valence-corrected chi connectivity index (χ2v) is 7.47. The third kappa shape index (κ3) is 5.20. The van der Waals surface area contributed by atoms with Gasteiger partial charge >= 0.3 is 0 Å². The van der Waals surface area contributed by atoms with Gasteiger partial charge in [-0.25, -0.2) is 0 Å². The molecule has 11 heteroatoms. The fraction of sp³-hybridized carbons (Fsp3) is 0. The van der Waals surface area contributed by atoms with Gasteiger partial charge in [-0.15, -0.1) is 0 Å². The molecule has 4 rings (SSSR count). The molecule has 2 amide bonds. The first-order valence-corrected chi connectivity index (χ1v) is 10.5. The van der Waals surface area contributed by atoms with Crippen LogP contribution in [-0.2, 0) is 9.59 Å². The number of nitro benzene ring substituents is 2. The Kier molecular flexibility index (Phi) is 6.73. The summed E-state index contributed by atoms with van der Waals surface area (Å²) >= 11 is 0. The molecule has 11 nitrogen and oxygen atoms in total. The van der Waals surface area contributed by atoms with E-state index in [1.807, 2.05) is 0 Å². The third-order valence-corrected chi connectivity index (χ3v) is 5.13. The number of pyridine rings is 1. The summed E-state index contributed by atoms with van der Waals surface area (Å²) in [5, 5.41) is 28.3. The summed E-state index contributed by atoms with van der Waals surface area (Å²) in [5.41, 5.74) is -0.193. The number of hydrogen-bond donors (Lipinski definition) is 2. The van der Waals surface area contributed by atoms with Gasteiger partial charge in [-0.3, -0.25) is 34.8 Å². The molecule has 0 aliphatic rings. The van der Waals surface area contributed by atoms with Gasteiger partial charge in [0.1, 0.15) is 16.9 Å². The fourth-order valence-corrected chi connectivity index (χ4v) is 3.44. The van der Waals surface area contributed by atoms with Crippen molar-refractivity contribution in [3.05, 3.63) is 116 Å². The summed E-state index contributed by atoms with van der Waals surface area (Å²) in [6, 6.07) is 19.5. The smallest absolute Gasteiger partial charge is 0.292 e. The Morgan fingerprint density at radius 1 is 0.750 bits per heavy atom. The first-order valence-electron chi connectivity index (χ1n) is 10.5. The number of nitro groups is 2. The van der Waals surface area contributed by atoms with Crippen LogP contribution in [0, 0.1) is 20.2 Å². The van der Waals surface area contributed by atoms with Crippen molar-refractivity contribution in [3.8, 4) is 0 Å². The van der Waals surface area contributed by atoms with E-state index in [2.05, 4.69) is 15.6 Å². The summed E-state index contributed by atoms with van der Waals surface area (Å²) in [6.07, 6.45) is 2.92. The van der Waals surface area contributed by atoms with E-state index in [1.165, 1.54) is 54.6 Å². The molecule has 36 heavy (non-hydrogen) atoms. The number of carbonyl (C=O) groups excluding carboxylic acids is 2. The highest BCUT2D eigenvalue weighted by atomic mass is 16.6. The predicted octanol–water partition coefficient (Wildman–Crippen LogP) is 4.71. The van der Waals surface area contributed by atoms with Crippen LogP contribution in [0.2, 0.25) is 0 Å². The molecule has 4 aromatic rings. The van der Waals surface area contributed by atoms with E-state index in [9.17, 15) is 29.8 Å². The molecular formula is C25H17N5O6. The lowest BCUT2D eigenvalue weighted by molar-refractivity contribution is -0.384. The second-order valence-electron chi connectivity index (χ2n) is 7.47. The van der Waals surface area contributed by atoms with Crippen LogP contribution in [0.1, 0.15) is 5.56 Å². The zero-order chi connectivity index (χ0) is 25.7. The van der Waals surface area contributed by atoms with Gasteiger partial charge in [-0.1, -0.05) is 36.4 Å². The lowest BCUT2D eigenvalue weighted by Crippen LogP contribution is -2.26. The van der Waals surface area contributed by atoms with Crippen molar-refractivity contribution in [2.24, 2.45) is 0 Å². The molecule has 2 N–H and O–H groups in total. The Morgan fingerprint density at radius 3 is 1.86 bits per heavy atom. The second kappa shape index (κ2) is 10.2. The average Bonchev–Trinajstić information content (AvgIpc) is 2.87. The lowest BCUT2D eigenvalue weighted by atomic mass is 10.1. The van der Waals surface area contributed by atoms with Crippen LogP contribution in [0.3, 0.4) is 0 Å². The summed E-state index contributed by atoms with van der Waals surface area (Å²) in [5.74, 6) is -1.88. The number of carbonyl (C=O) groups is 2. The van der Waals surface area contributed by atoms with E-state index in [1.54, 1.807) is 36.5 Å². The zero-order valence-corrected chi connectivity index (χ0v) is 18.5. The normalized spacial score (nSPS) is 10.3. The zero-order valence-electron chi connectivity index (χ0n) is 18.5. The van der Waals surface area contributed by atoms with Gasteiger partial charge in [-0.05, 0) is 42.0 Å². The van der Waals surface area contributed by atoms with E-state index >= 15 is 0 Å². The highest BCUT2D eigenvalue weighted by Crippen LogP contribution is 2.26. The number of benzene rings is 3. The first-order chi connectivity index (χ1) is 17.3. The van der Waals surface area contributed by atoms with E-state index in [4.69, 9.17) is 0 Å². The Labute approximate surface area is 203 Å². The Hall–Kier alpha value is -5.45. The van der Waals surface area contributed by atoms with Gasteiger partial charge in [0, 0.05) is 23.7 Å². The summed E-state index contributed by atoms with van der Waals surface area (Å²) in [6.45, 7) is 0. The third-order valence-electron chi connectivity index (χ3n) is 5.13. The van der Waals surface area contributed by atoms with Gasteiger partial charge in [0.25, 0.3) is 23.2 Å². The van der Waals surface area contributed by atoms with Crippen LogP contribution in [-0.4, -0.2) is 26.6 Å². The molecule has 1 aromatic heterocycles. The van der Waals surface area contributed by atoms with Crippen molar-refractivity contribution in [2.45, 2.75) is 0 Å².